The Labute approximate surface area is 158 Å². The number of hydrogen-bond donors (Lipinski definition) is 1. The first kappa shape index (κ1) is 17.1. The molecule has 2 aromatic carbocycles. The molecule has 4 nitrogen and oxygen atoms in total. The van der Waals surface area contributed by atoms with Crippen LogP contribution in [0.4, 0.5) is 4.79 Å². The number of carbonyl (C=O) groups excluding carboxylic acids is 1. The van der Waals surface area contributed by atoms with E-state index >= 15 is 0 Å². The number of nitrogens with one attached hydrogen (secondary N) is 1. The lowest BCUT2D eigenvalue weighted by atomic mass is 9.91. The van der Waals surface area contributed by atoms with Crippen LogP contribution in [0.5, 0.6) is 0 Å². The van der Waals surface area contributed by atoms with Crippen LogP contribution in [-0.4, -0.2) is 29.3 Å². The maximum atomic E-state index is 12.7. The van der Waals surface area contributed by atoms with Crippen LogP contribution in [0.2, 0.25) is 5.02 Å². The van der Waals surface area contributed by atoms with Crippen LogP contribution in [0.1, 0.15) is 42.7 Å². The molecular weight excluding hydrogens is 346 g/mol. The summed E-state index contributed by atoms with van der Waals surface area (Å²) in [5.74, 6) is 0.0618. The molecule has 0 unspecified atom stereocenters. The van der Waals surface area contributed by atoms with Crippen molar-refractivity contribution in [2.24, 2.45) is 5.10 Å². The van der Waals surface area contributed by atoms with Crippen LogP contribution in [0.25, 0.3) is 0 Å². The molecule has 0 aromatic heterocycles. The van der Waals surface area contributed by atoms with E-state index in [0.29, 0.717) is 11.6 Å². The van der Waals surface area contributed by atoms with Crippen molar-refractivity contribution in [3.63, 3.8) is 0 Å². The zero-order valence-corrected chi connectivity index (χ0v) is 15.3. The Balaban J connectivity index is 1.61. The van der Waals surface area contributed by atoms with Gasteiger partial charge in [0.1, 0.15) is 0 Å². The molecule has 0 spiro atoms. The average Bonchev–Trinajstić information content (AvgIpc) is 3.33. The Bertz CT molecular complexity index is 798. The van der Waals surface area contributed by atoms with Crippen molar-refractivity contribution in [3.8, 4) is 0 Å². The lowest BCUT2D eigenvalue weighted by Gasteiger charge is -2.18. The van der Waals surface area contributed by atoms with E-state index < -0.39 is 0 Å². The van der Waals surface area contributed by atoms with E-state index in [2.05, 4.69) is 22.6 Å². The van der Waals surface area contributed by atoms with E-state index in [1.807, 2.05) is 42.5 Å². The molecule has 1 N–H and O–H groups in total. The molecule has 2 aliphatic rings. The first-order chi connectivity index (χ1) is 12.7. The van der Waals surface area contributed by atoms with Crippen LogP contribution < -0.4 is 5.32 Å². The van der Waals surface area contributed by atoms with Gasteiger partial charge in [0, 0.05) is 17.0 Å². The Kier molecular flexibility index (Phi) is 4.93. The highest BCUT2D eigenvalue weighted by Gasteiger charge is 2.33. The van der Waals surface area contributed by atoms with Crippen molar-refractivity contribution in [2.45, 2.75) is 37.6 Å². The fourth-order valence-corrected chi connectivity index (χ4v) is 3.90. The fourth-order valence-electron chi connectivity index (χ4n) is 3.78. The molecule has 1 aliphatic heterocycles. The quantitative estimate of drug-likeness (QED) is 0.832. The molecule has 4 rings (SSSR count). The van der Waals surface area contributed by atoms with Crippen molar-refractivity contribution in [1.82, 2.24) is 10.3 Å². The summed E-state index contributed by atoms with van der Waals surface area (Å²) in [5.41, 5.74) is 3.08. The molecule has 0 saturated heterocycles. The number of carbonyl (C=O) groups is 1. The number of amides is 2. The van der Waals surface area contributed by atoms with Crippen LogP contribution in [-0.2, 0) is 0 Å². The second-order valence-corrected chi connectivity index (χ2v) is 7.40. The SMILES string of the molecule is O=C(NC1CCCC1)N1C[C@@H](c2ccccc2)C(c2ccc(Cl)cc2)=N1. The predicted octanol–water partition coefficient (Wildman–Crippen LogP) is 4.80. The minimum absolute atomic E-state index is 0.0618. The van der Waals surface area contributed by atoms with E-state index in [0.717, 1.165) is 29.7 Å². The summed E-state index contributed by atoms with van der Waals surface area (Å²) in [6, 6.07) is 18.1. The Morgan fingerprint density at radius 3 is 2.42 bits per heavy atom. The summed E-state index contributed by atoms with van der Waals surface area (Å²) in [5, 5.41) is 10.1. The first-order valence-electron chi connectivity index (χ1n) is 9.18. The lowest BCUT2D eigenvalue weighted by Crippen LogP contribution is -2.41. The van der Waals surface area contributed by atoms with Gasteiger partial charge in [-0.25, -0.2) is 9.80 Å². The van der Waals surface area contributed by atoms with Gasteiger partial charge in [-0.15, -0.1) is 0 Å². The maximum Gasteiger partial charge on any atom is 0.338 e. The monoisotopic (exact) mass is 367 g/mol. The molecule has 1 saturated carbocycles. The molecule has 134 valence electrons. The van der Waals surface area contributed by atoms with Crippen LogP contribution in [0.3, 0.4) is 0 Å². The zero-order chi connectivity index (χ0) is 17.9. The van der Waals surface area contributed by atoms with E-state index in [9.17, 15) is 4.79 Å². The van der Waals surface area contributed by atoms with Crippen LogP contribution in [0, 0.1) is 0 Å². The molecule has 5 heteroatoms. The molecule has 2 amide bonds. The first-order valence-corrected chi connectivity index (χ1v) is 9.56. The number of hydrazone groups is 1. The molecule has 0 bridgehead atoms. The van der Waals surface area contributed by atoms with Crippen molar-refractivity contribution >= 4 is 23.3 Å². The number of nitrogens with zero attached hydrogens (tertiary/aromatic N) is 2. The Hall–Kier alpha value is -2.33. The number of hydrogen-bond acceptors (Lipinski definition) is 2. The zero-order valence-electron chi connectivity index (χ0n) is 14.6. The summed E-state index contributed by atoms with van der Waals surface area (Å²) in [6.07, 6.45) is 4.51. The van der Waals surface area contributed by atoms with Gasteiger partial charge in [0.15, 0.2) is 0 Å². The molecule has 26 heavy (non-hydrogen) atoms. The largest absolute Gasteiger partial charge is 0.338 e. The van der Waals surface area contributed by atoms with E-state index in [4.69, 9.17) is 11.6 Å². The maximum absolute atomic E-state index is 12.7. The smallest absolute Gasteiger partial charge is 0.334 e. The van der Waals surface area contributed by atoms with Gasteiger partial charge in [0.05, 0.1) is 12.3 Å². The average molecular weight is 368 g/mol. The van der Waals surface area contributed by atoms with Gasteiger partial charge in [0.25, 0.3) is 0 Å². The highest BCUT2D eigenvalue weighted by atomic mass is 35.5. The van der Waals surface area contributed by atoms with E-state index in [-0.39, 0.29) is 18.0 Å². The second kappa shape index (κ2) is 7.50. The van der Waals surface area contributed by atoms with Gasteiger partial charge < -0.3 is 5.32 Å². The number of benzene rings is 2. The normalized spacial score (nSPS) is 20.3. The third-order valence-electron chi connectivity index (χ3n) is 5.17. The summed E-state index contributed by atoms with van der Waals surface area (Å²) < 4.78 is 0. The molecular formula is C21H22ClN3O. The van der Waals surface area contributed by atoms with E-state index in [1.54, 1.807) is 5.01 Å². The molecule has 2 aromatic rings. The molecule has 1 fully saturated rings. The summed E-state index contributed by atoms with van der Waals surface area (Å²) >= 11 is 6.03. The topological polar surface area (TPSA) is 44.7 Å². The summed E-state index contributed by atoms with van der Waals surface area (Å²) in [6.45, 7) is 0.556. The van der Waals surface area contributed by atoms with Gasteiger partial charge in [-0.1, -0.05) is 66.9 Å². The Morgan fingerprint density at radius 2 is 1.73 bits per heavy atom. The molecule has 0 radical (unpaired) electrons. The van der Waals surface area contributed by atoms with Gasteiger partial charge in [-0.05, 0) is 36.1 Å². The van der Waals surface area contributed by atoms with E-state index in [1.165, 1.54) is 12.8 Å². The highest BCUT2D eigenvalue weighted by molar-refractivity contribution is 6.30. The minimum Gasteiger partial charge on any atom is -0.334 e. The lowest BCUT2D eigenvalue weighted by molar-refractivity contribution is 0.200. The number of halogens is 1. The van der Waals surface area contributed by atoms with Gasteiger partial charge in [-0.2, -0.15) is 5.10 Å². The third kappa shape index (κ3) is 3.61. The minimum atomic E-state index is -0.0956. The summed E-state index contributed by atoms with van der Waals surface area (Å²) in [4.78, 5) is 12.7. The van der Waals surface area contributed by atoms with Gasteiger partial charge in [-0.3, -0.25) is 0 Å². The molecule has 1 aliphatic carbocycles. The fraction of sp³-hybridized carbons (Fsp3) is 0.333. The number of urea groups is 1. The molecule has 1 heterocycles. The van der Waals surface area contributed by atoms with Gasteiger partial charge >= 0.3 is 6.03 Å². The third-order valence-corrected chi connectivity index (χ3v) is 5.43. The van der Waals surface area contributed by atoms with Crippen molar-refractivity contribution < 1.29 is 4.79 Å². The standard InChI is InChI=1S/C21H22ClN3O/c22-17-12-10-16(11-13-17)20-19(15-6-2-1-3-7-15)14-25(24-20)21(26)23-18-8-4-5-9-18/h1-3,6-7,10-13,18-19H,4-5,8-9,14H2,(H,23,26)/t19-/m0/s1. The highest BCUT2D eigenvalue weighted by Crippen LogP contribution is 2.29. The van der Waals surface area contributed by atoms with Crippen molar-refractivity contribution in [2.75, 3.05) is 6.54 Å². The second-order valence-electron chi connectivity index (χ2n) is 6.97. The predicted molar refractivity (Wildman–Crippen MR) is 105 cm³/mol. The van der Waals surface area contributed by atoms with Crippen molar-refractivity contribution in [1.29, 1.82) is 0 Å². The van der Waals surface area contributed by atoms with Crippen molar-refractivity contribution in [3.05, 3.63) is 70.7 Å². The Morgan fingerprint density at radius 1 is 1.04 bits per heavy atom. The van der Waals surface area contributed by atoms with Crippen LogP contribution >= 0.6 is 11.6 Å². The van der Waals surface area contributed by atoms with Gasteiger partial charge in [0.2, 0.25) is 0 Å². The van der Waals surface area contributed by atoms with Crippen LogP contribution in [0.15, 0.2) is 59.7 Å². The summed E-state index contributed by atoms with van der Waals surface area (Å²) in [7, 11) is 0. The molecule has 1 atom stereocenters. The number of rotatable bonds is 3.